The second-order valence-electron chi connectivity index (χ2n) is 3.94. The number of carboxylic acid groups (broad SMARTS) is 1. The van der Waals surface area contributed by atoms with Gasteiger partial charge >= 0.3 is 5.97 Å². The molecule has 0 atom stereocenters. The molecule has 2 N–H and O–H groups in total. The molecule has 0 amide bonds. The maximum atomic E-state index is 10.7. The number of anilines is 1. The number of hydrogen-bond donors (Lipinski definition) is 2. The summed E-state index contributed by atoms with van der Waals surface area (Å²) in [5.74, 6) is -0.931. The van der Waals surface area contributed by atoms with Gasteiger partial charge in [0.05, 0.1) is 6.20 Å². The molecule has 0 aliphatic rings. The largest absolute Gasteiger partial charge is 0.477 e. The summed E-state index contributed by atoms with van der Waals surface area (Å²) in [5.41, 5.74) is 2.56. The van der Waals surface area contributed by atoms with Crippen LogP contribution in [0.3, 0.4) is 0 Å². The minimum Gasteiger partial charge on any atom is -0.477 e. The predicted molar refractivity (Wildman–Crippen MR) is 72.4 cm³/mol. The highest BCUT2D eigenvalue weighted by molar-refractivity contribution is 7.17. The summed E-state index contributed by atoms with van der Waals surface area (Å²) in [5, 5.41) is 12.6. The zero-order valence-corrected chi connectivity index (χ0v) is 10.8. The zero-order valence-electron chi connectivity index (χ0n) is 10.0. The van der Waals surface area contributed by atoms with E-state index >= 15 is 0 Å². The lowest BCUT2D eigenvalue weighted by atomic mass is 10.1. The molecule has 0 unspecified atom stereocenters. The summed E-state index contributed by atoms with van der Waals surface area (Å²) >= 11 is 1.16. The number of carboxylic acids is 1. The monoisotopic (exact) mass is 262 g/mol. The molecule has 1 aromatic heterocycles. The number of nitrogens with zero attached hydrogens (tertiary/aromatic N) is 1. The molecular weight excluding hydrogens is 248 g/mol. The van der Waals surface area contributed by atoms with Gasteiger partial charge in [-0.2, -0.15) is 0 Å². The van der Waals surface area contributed by atoms with Gasteiger partial charge in [0.2, 0.25) is 0 Å². The second kappa shape index (κ2) is 5.64. The van der Waals surface area contributed by atoms with Crippen LogP contribution in [0.15, 0.2) is 30.5 Å². The third-order valence-corrected chi connectivity index (χ3v) is 3.59. The molecule has 4 nitrogen and oxygen atoms in total. The molecule has 18 heavy (non-hydrogen) atoms. The second-order valence-corrected chi connectivity index (χ2v) is 4.97. The van der Waals surface area contributed by atoms with Crippen LogP contribution >= 0.6 is 11.3 Å². The number of benzene rings is 1. The number of aromatic nitrogens is 1. The SMILES string of the molecule is Cc1ccccc1CCNc1ncc(C(=O)O)s1. The van der Waals surface area contributed by atoms with Gasteiger partial charge in [-0.25, -0.2) is 9.78 Å². The first-order valence-electron chi connectivity index (χ1n) is 5.64. The minimum atomic E-state index is -0.931. The van der Waals surface area contributed by atoms with Crippen LogP contribution in [0.2, 0.25) is 0 Å². The Hall–Kier alpha value is -1.88. The van der Waals surface area contributed by atoms with Crippen molar-refractivity contribution in [3.8, 4) is 0 Å². The van der Waals surface area contributed by atoms with Crippen molar-refractivity contribution in [2.24, 2.45) is 0 Å². The summed E-state index contributed by atoms with van der Waals surface area (Å²) < 4.78 is 0. The lowest BCUT2D eigenvalue weighted by molar-refractivity contribution is 0.0702. The average molecular weight is 262 g/mol. The predicted octanol–water partition coefficient (Wildman–Crippen LogP) is 2.80. The lowest BCUT2D eigenvalue weighted by Gasteiger charge is -2.05. The first-order valence-corrected chi connectivity index (χ1v) is 6.46. The Balaban J connectivity index is 1.88. The maximum absolute atomic E-state index is 10.7. The van der Waals surface area contributed by atoms with Crippen LogP contribution in [0.5, 0.6) is 0 Å². The van der Waals surface area contributed by atoms with Crippen LogP contribution in [0.1, 0.15) is 20.8 Å². The highest BCUT2D eigenvalue weighted by atomic mass is 32.1. The quantitative estimate of drug-likeness (QED) is 0.869. The van der Waals surface area contributed by atoms with Gasteiger partial charge in [0.25, 0.3) is 0 Å². The smallest absolute Gasteiger partial charge is 0.347 e. The van der Waals surface area contributed by atoms with E-state index < -0.39 is 5.97 Å². The van der Waals surface area contributed by atoms with Crippen molar-refractivity contribution in [3.63, 3.8) is 0 Å². The first-order chi connectivity index (χ1) is 8.66. The van der Waals surface area contributed by atoms with Crippen LogP contribution in [0, 0.1) is 6.92 Å². The standard InChI is InChI=1S/C13H14N2O2S/c1-9-4-2-3-5-10(9)6-7-14-13-15-8-11(18-13)12(16)17/h2-5,8H,6-7H2,1H3,(H,14,15)(H,16,17). The Morgan fingerprint density at radius 2 is 2.22 bits per heavy atom. The maximum Gasteiger partial charge on any atom is 0.347 e. The van der Waals surface area contributed by atoms with Gasteiger partial charge in [-0.05, 0) is 24.5 Å². The molecule has 2 aromatic rings. The van der Waals surface area contributed by atoms with Crippen molar-refractivity contribution >= 4 is 22.4 Å². The van der Waals surface area contributed by atoms with Gasteiger partial charge in [-0.15, -0.1) is 0 Å². The molecule has 0 radical (unpaired) electrons. The van der Waals surface area contributed by atoms with Gasteiger partial charge in [0, 0.05) is 6.54 Å². The summed E-state index contributed by atoms with van der Waals surface area (Å²) in [4.78, 5) is 15.0. The third kappa shape index (κ3) is 3.07. The molecule has 0 saturated heterocycles. The van der Waals surface area contributed by atoms with Crippen molar-refractivity contribution in [2.75, 3.05) is 11.9 Å². The molecule has 5 heteroatoms. The van der Waals surface area contributed by atoms with E-state index in [1.165, 1.54) is 17.3 Å². The third-order valence-electron chi connectivity index (χ3n) is 2.65. The summed E-state index contributed by atoms with van der Waals surface area (Å²) in [6.45, 7) is 2.83. The van der Waals surface area contributed by atoms with Crippen molar-refractivity contribution in [1.29, 1.82) is 0 Å². The van der Waals surface area contributed by atoms with Gasteiger partial charge in [-0.1, -0.05) is 35.6 Å². The molecule has 0 bridgehead atoms. The van der Waals surface area contributed by atoms with Crippen LogP contribution in [0.25, 0.3) is 0 Å². The molecule has 1 heterocycles. The van der Waals surface area contributed by atoms with E-state index in [1.54, 1.807) is 0 Å². The van der Waals surface area contributed by atoms with Gasteiger partial charge in [0.15, 0.2) is 5.13 Å². The summed E-state index contributed by atoms with van der Waals surface area (Å²) in [6, 6.07) is 8.23. The molecule has 0 fully saturated rings. The van der Waals surface area contributed by atoms with E-state index in [9.17, 15) is 4.79 Å². The fourth-order valence-corrected chi connectivity index (χ4v) is 2.33. The molecule has 2 rings (SSSR count). The van der Waals surface area contributed by atoms with Gasteiger partial charge in [0.1, 0.15) is 4.88 Å². The number of hydrogen-bond acceptors (Lipinski definition) is 4. The Labute approximate surface area is 109 Å². The molecule has 1 aromatic carbocycles. The van der Waals surface area contributed by atoms with Crippen LogP contribution in [-0.2, 0) is 6.42 Å². The van der Waals surface area contributed by atoms with E-state index in [4.69, 9.17) is 5.11 Å². The van der Waals surface area contributed by atoms with Gasteiger partial charge < -0.3 is 10.4 Å². The molecule has 0 aliphatic heterocycles. The van der Waals surface area contributed by atoms with Crippen molar-refractivity contribution in [1.82, 2.24) is 4.98 Å². The van der Waals surface area contributed by atoms with Gasteiger partial charge in [-0.3, -0.25) is 0 Å². The average Bonchev–Trinajstić information content (AvgIpc) is 2.80. The molecule has 0 aliphatic carbocycles. The van der Waals surface area contributed by atoms with E-state index in [-0.39, 0.29) is 4.88 Å². The normalized spacial score (nSPS) is 10.3. The Kier molecular flexibility index (Phi) is 3.94. The summed E-state index contributed by atoms with van der Waals surface area (Å²) in [6.07, 6.45) is 2.28. The van der Waals surface area contributed by atoms with Crippen molar-refractivity contribution < 1.29 is 9.90 Å². The van der Waals surface area contributed by atoms with E-state index in [0.717, 1.165) is 24.3 Å². The Bertz CT molecular complexity index is 551. The number of thiazole rings is 1. The zero-order chi connectivity index (χ0) is 13.0. The fourth-order valence-electron chi connectivity index (χ4n) is 1.65. The summed E-state index contributed by atoms with van der Waals surface area (Å²) in [7, 11) is 0. The number of carbonyl (C=O) groups is 1. The van der Waals surface area contributed by atoms with Crippen LogP contribution < -0.4 is 5.32 Å². The van der Waals surface area contributed by atoms with Crippen LogP contribution in [0.4, 0.5) is 5.13 Å². The molecule has 0 saturated carbocycles. The minimum absolute atomic E-state index is 0.258. The Morgan fingerprint density at radius 3 is 2.89 bits per heavy atom. The van der Waals surface area contributed by atoms with E-state index in [2.05, 4.69) is 29.4 Å². The molecule has 0 spiro atoms. The lowest BCUT2D eigenvalue weighted by Crippen LogP contribution is -2.05. The Morgan fingerprint density at radius 1 is 1.44 bits per heavy atom. The number of aromatic carboxylic acids is 1. The topological polar surface area (TPSA) is 62.2 Å². The van der Waals surface area contributed by atoms with E-state index in [1.807, 2.05) is 12.1 Å². The van der Waals surface area contributed by atoms with Crippen LogP contribution in [-0.4, -0.2) is 22.6 Å². The first kappa shape index (κ1) is 12.6. The van der Waals surface area contributed by atoms with Crippen molar-refractivity contribution in [2.45, 2.75) is 13.3 Å². The number of aryl methyl sites for hydroxylation is 1. The van der Waals surface area contributed by atoms with Crippen molar-refractivity contribution in [3.05, 3.63) is 46.5 Å². The molecular formula is C13H14N2O2S. The number of nitrogens with one attached hydrogen (secondary N) is 1. The highest BCUT2D eigenvalue weighted by Crippen LogP contribution is 2.18. The van der Waals surface area contributed by atoms with E-state index in [0.29, 0.717) is 5.13 Å². The number of rotatable bonds is 5. The fraction of sp³-hybridized carbons (Fsp3) is 0.231. The highest BCUT2D eigenvalue weighted by Gasteiger charge is 2.07. The molecule has 94 valence electrons.